The average molecular weight is 322 g/mol. The van der Waals surface area contributed by atoms with Crippen LogP contribution < -0.4 is 14.8 Å². The van der Waals surface area contributed by atoms with E-state index in [0.29, 0.717) is 17.1 Å². The van der Waals surface area contributed by atoms with E-state index in [4.69, 9.17) is 27.5 Å². The van der Waals surface area contributed by atoms with E-state index < -0.39 is 0 Å². The van der Waals surface area contributed by atoms with Crippen molar-refractivity contribution in [2.75, 3.05) is 13.7 Å². The van der Waals surface area contributed by atoms with Gasteiger partial charge in [0.15, 0.2) is 11.5 Å². The van der Waals surface area contributed by atoms with E-state index in [1.807, 2.05) is 0 Å². The molecular formula is C17H20ClNO3. The van der Waals surface area contributed by atoms with Gasteiger partial charge in [-0.3, -0.25) is 4.79 Å². The van der Waals surface area contributed by atoms with E-state index in [1.165, 1.54) is 7.11 Å². The zero-order valence-corrected chi connectivity index (χ0v) is 13.4. The Kier molecular flexibility index (Phi) is 5.97. The van der Waals surface area contributed by atoms with Gasteiger partial charge < -0.3 is 14.8 Å². The van der Waals surface area contributed by atoms with Crippen molar-refractivity contribution in [1.29, 1.82) is 0 Å². The standard InChI is InChI=1S/C17H20ClNO3/c1-3-10-22-15-9-8-12(11-16(15)21-2)17(20)19-14-7-5-4-6-13(14)18/h1,8-9,11,13-14H,4-7,10H2,2H3,(H,19,20). The number of benzene rings is 1. The van der Waals surface area contributed by atoms with Crippen molar-refractivity contribution in [3.05, 3.63) is 23.8 Å². The van der Waals surface area contributed by atoms with Crippen molar-refractivity contribution in [2.45, 2.75) is 37.1 Å². The molecule has 1 N–H and O–H groups in total. The Morgan fingerprint density at radius 3 is 2.86 bits per heavy atom. The van der Waals surface area contributed by atoms with E-state index in [9.17, 15) is 4.79 Å². The molecule has 118 valence electrons. The van der Waals surface area contributed by atoms with Gasteiger partial charge in [0.1, 0.15) is 6.61 Å². The molecule has 0 bridgehead atoms. The van der Waals surface area contributed by atoms with Crippen LogP contribution in [-0.4, -0.2) is 31.0 Å². The van der Waals surface area contributed by atoms with Gasteiger partial charge in [-0.2, -0.15) is 0 Å². The molecule has 0 radical (unpaired) electrons. The van der Waals surface area contributed by atoms with Crippen LogP contribution in [0.4, 0.5) is 0 Å². The monoisotopic (exact) mass is 321 g/mol. The van der Waals surface area contributed by atoms with Crippen LogP contribution in [0.3, 0.4) is 0 Å². The molecule has 1 aromatic carbocycles. The molecule has 2 rings (SSSR count). The number of methoxy groups -OCH3 is 1. The number of hydrogen-bond donors (Lipinski definition) is 1. The number of nitrogens with one attached hydrogen (secondary N) is 1. The first-order chi connectivity index (χ1) is 10.7. The van der Waals surface area contributed by atoms with Crippen LogP contribution in [0.15, 0.2) is 18.2 Å². The van der Waals surface area contributed by atoms with Crippen molar-refractivity contribution < 1.29 is 14.3 Å². The van der Waals surface area contributed by atoms with Crippen LogP contribution in [0.2, 0.25) is 0 Å². The first kappa shape index (κ1) is 16.5. The van der Waals surface area contributed by atoms with Gasteiger partial charge in [0, 0.05) is 11.6 Å². The zero-order chi connectivity index (χ0) is 15.9. The van der Waals surface area contributed by atoms with Gasteiger partial charge in [-0.15, -0.1) is 18.0 Å². The van der Waals surface area contributed by atoms with Crippen LogP contribution in [0.25, 0.3) is 0 Å². The molecule has 0 aromatic heterocycles. The van der Waals surface area contributed by atoms with E-state index in [1.54, 1.807) is 18.2 Å². The summed E-state index contributed by atoms with van der Waals surface area (Å²) in [5.74, 6) is 3.24. The molecule has 1 fully saturated rings. The highest BCUT2D eigenvalue weighted by Gasteiger charge is 2.25. The van der Waals surface area contributed by atoms with Crippen LogP contribution in [0.1, 0.15) is 36.0 Å². The van der Waals surface area contributed by atoms with E-state index >= 15 is 0 Å². The third-order valence-corrected chi connectivity index (χ3v) is 4.26. The highest BCUT2D eigenvalue weighted by atomic mass is 35.5. The lowest BCUT2D eigenvalue weighted by molar-refractivity contribution is 0.0928. The molecule has 0 saturated heterocycles. The molecule has 22 heavy (non-hydrogen) atoms. The summed E-state index contributed by atoms with van der Waals surface area (Å²) in [5, 5.41) is 3.00. The Labute approximate surface area is 136 Å². The Balaban J connectivity index is 2.07. The molecule has 0 heterocycles. The van der Waals surface area contributed by atoms with Gasteiger partial charge in [-0.25, -0.2) is 0 Å². The van der Waals surface area contributed by atoms with Crippen LogP contribution >= 0.6 is 11.6 Å². The maximum atomic E-state index is 12.4. The van der Waals surface area contributed by atoms with Gasteiger partial charge in [-0.1, -0.05) is 18.8 Å². The highest BCUT2D eigenvalue weighted by Crippen LogP contribution is 2.28. The lowest BCUT2D eigenvalue weighted by Crippen LogP contribution is -2.42. The van der Waals surface area contributed by atoms with Gasteiger partial charge in [0.2, 0.25) is 0 Å². The largest absolute Gasteiger partial charge is 0.493 e. The predicted molar refractivity (Wildman–Crippen MR) is 86.7 cm³/mol. The number of hydrogen-bond acceptors (Lipinski definition) is 3. The number of terminal acetylenes is 1. The second-order valence-electron chi connectivity index (χ2n) is 5.24. The number of carbonyl (C=O) groups excluding carboxylic acids is 1. The van der Waals surface area contributed by atoms with E-state index in [2.05, 4.69) is 11.2 Å². The van der Waals surface area contributed by atoms with Crippen molar-refractivity contribution in [2.24, 2.45) is 0 Å². The van der Waals surface area contributed by atoms with Gasteiger partial charge in [-0.05, 0) is 31.0 Å². The molecule has 1 aliphatic rings. The fourth-order valence-electron chi connectivity index (χ4n) is 2.55. The van der Waals surface area contributed by atoms with Gasteiger partial charge in [0.25, 0.3) is 5.91 Å². The fraction of sp³-hybridized carbons (Fsp3) is 0.471. The first-order valence-electron chi connectivity index (χ1n) is 7.35. The topological polar surface area (TPSA) is 47.6 Å². The van der Waals surface area contributed by atoms with Gasteiger partial charge in [0.05, 0.1) is 12.5 Å². The maximum Gasteiger partial charge on any atom is 0.251 e. The van der Waals surface area contributed by atoms with E-state index in [0.717, 1.165) is 25.7 Å². The third kappa shape index (κ3) is 4.08. The Morgan fingerprint density at radius 1 is 1.41 bits per heavy atom. The predicted octanol–water partition coefficient (Wildman–Crippen LogP) is 2.99. The molecule has 1 amide bonds. The van der Waals surface area contributed by atoms with Crippen LogP contribution in [0, 0.1) is 12.3 Å². The summed E-state index contributed by atoms with van der Waals surface area (Å²) in [5.41, 5.74) is 0.513. The lowest BCUT2D eigenvalue weighted by atomic mass is 9.94. The van der Waals surface area contributed by atoms with Crippen LogP contribution in [0.5, 0.6) is 11.5 Å². The summed E-state index contributed by atoms with van der Waals surface area (Å²) < 4.78 is 10.6. The van der Waals surface area contributed by atoms with Crippen molar-refractivity contribution in [1.82, 2.24) is 5.32 Å². The summed E-state index contributed by atoms with van der Waals surface area (Å²) in [7, 11) is 1.52. The fourth-order valence-corrected chi connectivity index (χ4v) is 2.89. The molecule has 1 saturated carbocycles. The second-order valence-corrected chi connectivity index (χ2v) is 5.80. The Morgan fingerprint density at radius 2 is 2.18 bits per heavy atom. The third-order valence-electron chi connectivity index (χ3n) is 3.73. The summed E-state index contributed by atoms with van der Waals surface area (Å²) in [6.07, 6.45) is 9.24. The quantitative estimate of drug-likeness (QED) is 0.670. The molecule has 1 aromatic rings. The number of rotatable bonds is 5. The average Bonchev–Trinajstić information content (AvgIpc) is 2.54. The number of carbonyl (C=O) groups is 1. The summed E-state index contributed by atoms with van der Waals surface area (Å²) in [6, 6.07) is 5.04. The molecule has 2 unspecified atom stereocenters. The number of alkyl halides is 1. The summed E-state index contributed by atoms with van der Waals surface area (Å²) in [4.78, 5) is 12.4. The molecule has 0 spiro atoms. The minimum absolute atomic E-state index is 0.00201. The highest BCUT2D eigenvalue weighted by molar-refractivity contribution is 6.21. The summed E-state index contributed by atoms with van der Waals surface area (Å²) in [6.45, 7) is 0.151. The second kappa shape index (κ2) is 7.95. The molecule has 0 aliphatic heterocycles. The van der Waals surface area contributed by atoms with Crippen molar-refractivity contribution in [3.63, 3.8) is 0 Å². The summed E-state index contributed by atoms with van der Waals surface area (Å²) >= 11 is 6.28. The smallest absolute Gasteiger partial charge is 0.251 e. The molecule has 4 nitrogen and oxygen atoms in total. The minimum atomic E-state index is -0.153. The number of ether oxygens (including phenoxy) is 2. The van der Waals surface area contributed by atoms with Crippen molar-refractivity contribution >= 4 is 17.5 Å². The molecular weight excluding hydrogens is 302 g/mol. The van der Waals surface area contributed by atoms with Crippen LogP contribution in [-0.2, 0) is 0 Å². The number of halogens is 1. The normalized spacial score (nSPS) is 20.8. The Bertz CT molecular complexity index is 568. The number of amides is 1. The molecule has 5 heteroatoms. The van der Waals surface area contributed by atoms with E-state index in [-0.39, 0.29) is 23.9 Å². The van der Waals surface area contributed by atoms with Gasteiger partial charge >= 0.3 is 0 Å². The molecule has 2 atom stereocenters. The minimum Gasteiger partial charge on any atom is -0.493 e. The zero-order valence-electron chi connectivity index (χ0n) is 12.6. The maximum absolute atomic E-state index is 12.4. The molecule has 1 aliphatic carbocycles. The SMILES string of the molecule is C#CCOc1ccc(C(=O)NC2CCCCC2Cl)cc1OC. The van der Waals surface area contributed by atoms with Crippen molar-refractivity contribution in [3.8, 4) is 23.8 Å². The lowest BCUT2D eigenvalue weighted by Gasteiger charge is -2.27. The Hall–Kier alpha value is -1.86. The first-order valence-corrected chi connectivity index (χ1v) is 7.78.